The Labute approximate surface area is 190 Å². The molecule has 1 saturated carbocycles. The zero-order valence-electron chi connectivity index (χ0n) is 17.1. The average Bonchev–Trinajstić information content (AvgIpc) is 3.25. The number of carbonyl (C=O) groups is 1. The number of halogens is 1. The third-order valence-electron chi connectivity index (χ3n) is 5.18. The third kappa shape index (κ3) is 7.72. The molecule has 7 heteroatoms. The van der Waals surface area contributed by atoms with Gasteiger partial charge < -0.3 is 20.5 Å². The van der Waals surface area contributed by atoms with Gasteiger partial charge in [0.25, 0.3) is 0 Å². The second-order valence-corrected chi connectivity index (χ2v) is 7.30. The largest absolute Gasteiger partial charge is 0.355 e. The Hall–Kier alpha value is -2.03. The second kappa shape index (κ2) is 12.5. The van der Waals surface area contributed by atoms with Crippen LogP contribution >= 0.6 is 24.0 Å². The molecule has 0 bridgehead atoms. The third-order valence-corrected chi connectivity index (χ3v) is 5.18. The van der Waals surface area contributed by atoms with Gasteiger partial charge in [-0.1, -0.05) is 31.4 Å². The predicted octanol–water partition coefficient (Wildman–Crippen LogP) is 3.99. The minimum atomic E-state index is 0. The van der Waals surface area contributed by atoms with E-state index in [9.17, 15) is 4.79 Å². The van der Waals surface area contributed by atoms with E-state index in [0.29, 0.717) is 6.54 Å². The summed E-state index contributed by atoms with van der Waals surface area (Å²) in [7, 11) is 1.77. The molecule has 1 fully saturated rings. The van der Waals surface area contributed by atoms with Crippen LogP contribution in [-0.4, -0.2) is 30.0 Å². The molecule has 158 valence electrons. The molecule has 3 rings (SSSR count). The first-order valence-corrected chi connectivity index (χ1v) is 10.2. The van der Waals surface area contributed by atoms with Gasteiger partial charge in [0.1, 0.15) is 0 Å². The molecule has 6 nitrogen and oxygen atoms in total. The Morgan fingerprint density at radius 3 is 2.59 bits per heavy atom. The molecule has 1 amide bonds. The minimum absolute atomic E-state index is 0. The van der Waals surface area contributed by atoms with Gasteiger partial charge in [0.15, 0.2) is 5.96 Å². The van der Waals surface area contributed by atoms with E-state index >= 15 is 0 Å². The number of anilines is 1. The van der Waals surface area contributed by atoms with Gasteiger partial charge in [0, 0.05) is 50.7 Å². The predicted molar refractivity (Wildman–Crippen MR) is 130 cm³/mol. The van der Waals surface area contributed by atoms with Crippen molar-refractivity contribution in [3.05, 3.63) is 54.4 Å². The van der Waals surface area contributed by atoms with Gasteiger partial charge in [-0.2, -0.15) is 0 Å². The van der Waals surface area contributed by atoms with Crippen molar-refractivity contribution in [2.75, 3.05) is 18.9 Å². The average molecular weight is 509 g/mol. The maximum atomic E-state index is 12.4. The van der Waals surface area contributed by atoms with Crippen molar-refractivity contribution in [3.8, 4) is 0 Å². The van der Waals surface area contributed by atoms with Gasteiger partial charge in [-0.25, -0.2) is 0 Å². The number of rotatable bonds is 7. The van der Waals surface area contributed by atoms with Gasteiger partial charge in [-0.15, -0.1) is 24.0 Å². The molecular formula is C22H32IN5O. The normalized spacial score (nSPS) is 14.7. The molecule has 1 aromatic carbocycles. The molecule has 0 saturated heterocycles. The van der Waals surface area contributed by atoms with Crippen LogP contribution < -0.4 is 16.0 Å². The lowest BCUT2D eigenvalue weighted by molar-refractivity contribution is -0.120. The summed E-state index contributed by atoms with van der Waals surface area (Å²) in [5.74, 6) is 1.09. The summed E-state index contributed by atoms with van der Waals surface area (Å²) in [5.41, 5.74) is 1.97. The molecule has 0 aliphatic heterocycles. The lowest BCUT2D eigenvalue weighted by Gasteiger charge is -2.21. The monoisotopic (exact) mass is 509 g/mol. The van der Waals surface area contributed by atoms with Crippen LogP contribution in [0, 0.1) is 5.92 Å². The van der Waals surface area contributed by atoms with Gasteiger partial charge >= 0.3 is 0 Å². The maximum absolute atomic E-state index is 12.4. The quantitative estimate of drug-likeness (QED) is 0.301. The molecule has 3 N–H and O–H groups in total. The second-order valence-electron chi connectivity index (χ2n) is 7.30. The van der Waals surface area contributed by atoms with E-state index in [-0.39, 0.29) is 35.8 Å². The van der Waals surface area contributed by atoms with Crippen molar-refractivity contribution in [2.24, 2.45) is 10.9 Å². The number of hydrogen-bond acceptors (Lipinski definition) is 2. The summed E-state index contributed by atoms with van der Waals surface area (Å²) < 4.78 is 2.12. The zero-order valence-corrected chi connectivity index (χ0v) is 19.4. The highest BCUT2D eigenvalue weighted by molar-refractivity contribution is 14.0. The van der Waals surface area contributed by atoms with Crippen LogP contribution in [0.25, 0.3) is 0 Å². The number of benzene rings is 1. The minimum Gasteiger partial charge on any atom is -0.355 e. The molecular weight excluding hydrogens is 477 g/mol. The van der Waals surface area contributed by atoms with Crippen LogP contribution in [0.2, 0.25) is 0 Å². The fourth-order valence-electron chi connectivity index (χ4n) is 3.60. The van der Waals surface area contributed by atoms with E-state index in [1.54, 1.807) is 7.05 Å². The standard InChI is InChI=1S/C22H31N5O.HI/c1-23-22(24-12-15-27-13-5-6-14-27)25-17-18-8-7-11-20(16-18)26-21(28)19-9-3-2-4-10-19;/h5-8,11,13-14,16,19H,2-4,9-10,12,15,17H2,1H3,(H,26,28)(H2,23,24,25);1H. The van der Waals surface area contributed by atoms with Crippen LogP contribution in [0.5, 0.6) is 0 Å². The molecule has 2 aromatic rings. The van der Waals surface area contributed by atoms with Crippen molar-refractivity contribution in [2.45, 2.75) is 45.2 Å². The molecule has 0 spiro atoms. The van der Waals surface area contributed by atoms with Crippen LogP contribution in [0.15, 0.2) is 53.8 Å². The van der Waals surface area contributed by atoms with Crippen LogP contribution in [-0.2, 0) is 17.9 Å². The molecule has 0 unspecified atom stereocenters. The number of aliphatic imine (C=N–C) groups is 1. The maximum Gasteiger partial charge on any atom is 0.227 e. The molecule has 1 heterocycles. The van der Waals surface area contributed by atoms with Gasteiger partial charge in [0.05, 0.1) is 0 Å². The van der Waals surface area contributed by atoms with Crippen LogP contribution in [0.4, 0.5) is 5.69 Å². The smallest absolute Gasteiger partial charge is 0.227 e. The first-order chi connectivity index (χ1) is 13.7. The molecule has 1 aliphatic rings. The fourth-order valence-corrected chi connectivity index (χ4v) is 3.60. The SMILES string of the molecule is CN=C(NCCn1cccc1)NCc1cccc(NC(=O)C2CCCCC2)c1.I. The van der Waals surface area contributed by atoms with Gasteiger partial charge in [-0.3, -0.25) is 9.79 Å². The summed E-state index contributed by atoms with van der Waals surface area (Å²) in [6.45, 7) is 2.33. The van der Waals surface area contributed by atoms with Crippen molar-refractivity contribution >= 4 is 41.5 Å². The molecule has 0 radical (unpaired) electrons. The topological polar surface area (TPSA) is 70.5 Å². The summed E-state index contributed by atoms with van der Waals surface area (Å²) >= 11 is 0. The van der Waals surface area contributed by atoms with E-state index in [0.717, 1.165) is 43.1 Å². The van der Waals surface area contributed by atoms with E-state index in [2.05, 4.69) is 31.6 Å². The number of hydrogen-bond donors (Lipinski definition) is 3. The van der Waals surface area contributed by atoms with Crippen LogP contribution in [0.1, 0.15) is 37.7 Å². The first kappa shape index (κ1) is 23.3. The van der Waals surface area contributed by atoms with Crippen molar-refractivity contribution < 1.29 is 4.79 Å². The fraction of sp³-hybridized carbons (Fsp3) is 0.455. The Kier molecular flexibility index (Phi) is 10.0. The highest BCUT2D eigenvalue weighted by Crippen LogP contribution is 2.25. The van der Waals surface area contributed by atoms with E-state index in [4.69, 9.17) is 0 Å². The number of aromatic nitrogens is 1. The Morgan fingerprint density at radius 2 is 1.86 bits per heavy atom. The summed E-state index contributed by atoms with van der Waals surface area (Å²) in [4.78, 5) is 16.7. The van der Waals surface area contributed by atoms with Crippen molar-refractivity contribution in [1.82, 2.24) is 15.2 Å². The summed E-state index contributed by atoms with van der Waals surface area (Å²) in [6.07, 6.45) is 9.70. The number of amides is 1. The Balaban J connectivity index is 0.00000300. The molecule has 1 aliphatic carbocycles. The van der Waals surface area contributed by atoms with E-state index in [1.165, 1.54) is 19.3 Å². The van der Waals surface area contributed by atoms with Gasteiger partial charge in [-0.05, 0) is 42.7 Å². The van der Waals surface area contributed by atoms with Gasteiger partial charge in [0.2, 0.25) is 5.91 Å². The number of nitrogens with one attached hydrogen (secondary N) is 3. The Morgan fingerprint density at radius 1 is 1.10 bits per heavy atom. The van der Waals surface area contributed by atoms with E-state index in [1.807, 2.05) is 42.7 Å². The highest BCUT2D eigenvalue weighted by Gasteiger charge is 2.20. The molecule has 1 aromatic heterocycles. The van der Waals surface area contributed by atoms with Crippen LogP contribution in [0.3, 0.4) is 0 Å². The first-order valence-electron chi connectivity index (χ1n) is 10.2. The Bertz CT molecular complexity index is 769. The summed E-state index contributed by atoms with van der Waals surface area (Å²) in [6, 6.07) is 12.1. The summed E-state index contributed by atoms with van der Waals surface area (Å²) in [5, 5.41) is 9.73. The van der Waals surface area contributed by atoms with Crippen molar-refractivity contribution in [3.63, 3.8) is 0 Å². The van der Waals surface area contributed by atoms with E-state index < -0.39 is 0 Å². The van der Waals surface area contributed by atoms with Crippen molar-refractivity contribution in [1.29, 1.82) is 0 Å². The number of carbonyl (C=O) groups excluding carboxylic acids is 1. The number of guanidine groups is 1. The highest BCUT2D eigenvalue weighted by atomic mass is 127. The zero-order chi connectivity index (χ0) is 19.6. The molecule has 0 atom stereocenters. The number of nitrogens with zero attached hydrogens (tertiary/aromatic N) is 2. The lowest BCUT2D eigenvalue weighted by atomic mass is 9.88. The lowest BCUT2D eigenvalue weighted by Crippen LogP contribution is -2.38. The molecule has 29 heavy (non-hydrogen) atoms.